The number of benzene rings is 2. The Morgan fingerprint density at radius 3 is 2.65 bits per heavy atom. The quantitative estimate of drug-likeness (QED) is 0.626. The average Bonchev–Trinajstić information content (AvgIpc) is 3.36. The molecule has 0 amide bonds. The highest BCUT2D eigenvalue weighted by molar-refractivity contribution is 7.13. The molecule has 3 aromatic rings. The summed E-state index contributed by atoms with van der Waals surface area (Å²) in [6.07, 6.45) is 4.35. The smallest absolute Gasteiger partial charge is 0.339 e. The number of nitrogens with zero attached hydrogens (tertiary/aromatic N) is 2. The second-order valence-corrected chi connectivity index (χ2v) is 7.47. The fourth-order valence-corrected chi connectivity index (χ4v) is 4.42. The maximum Gasteiger partial charge on any atom is 0.339 e. The lowest BCUT2D eigenvalue weighted by Gasteiger charge is -2.29. The summed E-state index contributed by atoms with van der Waals surface area (Å²) in [6, 6.07) is 13.6. The molecular formula is C20H20N2O3S. The van der Waals surface area contributed by atoms with Crippen molar-refractivity contribution in [3.63, 3.8) is 0 Å². The molecule has 0 unspecified atom stereocenters. The van der Waals surface area contributed by atoms with E-state index >= 15 is 0 Å². The monoisotopic (exact) mass is 368 g/mol. The number of carbonyl (C=O) groups excluding carboxylic acids is 1. The lowest BCUT2D eigenvalue weighted by atomic mass is 9.79. The molecule has 0 bridgehead atoms. The maximum atomic E-state index is 12.7. The summed E-state index contributed by atoms with van der Waals surface area (Å²) in [7, 11) is 1.66. The Bertz CT molecular complexity index is 914. The minimum absolute atomic E-state index is 0.109. The molecule has 1 aromatic heterocycles. The summed E-state index contributed by atoms with van der Waals surface area (Å²) in [5, 5.41) is 4.03. The molecular weight excluding hydrogens is 348 g/mol. The van der Waals surface area contributed by atoms with Crippen LogP contribution in [0, 0.1) is 0 Å². The summed E-state index contributed by atoms with van der Waals surface area (Å²) in [4.78, 5) is 12.7. The Hall–Kier alpha value is -2.47. The zero-order chi connectivity index (χ0) is 18.0. The van der Waals surface area contributed by atoms with Crippen LogP contribution in [0.4, 0.5) is 0 Å². The predicted molar refractivity (Wildman–Crippen MR) is 101 cm³/mol. The first-order chi connectivity index (χ1) is 12.7. The zero-order valence-electron chi connectivity index (χ0n) is 14.6. The highest BCUT2D eigenvalue weighted by Crippen LogP contribution is 2.42. The van der Waals surface area contributed by atoms with Crippen LogP contribution in [-0.2, 0) is 10.2 Å². The summed E-state index contributed by atoms with van der Waals surface area (Å²) < 4.78 is 15.8. The molecule has 2 aromatic carbocycles. The first kappa shape index (κ1) is 17.0. The SMILES string of the molecule is COc1ccc(C2(COC(=O)c3cccc4nnsc34)CCCC2)cc1. The summed E-state index contributed by atoms with van der Waals surface area (Å²) in [5.74, 6) is 0.532. The standard InChI is InChI=1S/C20H20N2O3S/c1-24-15-9-7-14(8-10-15)20(11-2-3-12-20)13-25-19(23)16-5-4-6-17-18(16)26-22-21-17/h4-10H,2-3,11-13H2,1H3. The van der Waals surface area contributed by atoms with Gasteiger partial charge < -0.3 is 9.47 Å². The van der Waals surface area contributed by atoms with Crippen molar-refractivity contribution in [1.29, 1.82) is 0 Å². The number of carbonyl (C=O) groups is 1. The van der Waals surface area contributed by atoms with E-state index in [4.69, 9.17) is 9.47 Å². The van der Waals surface area contributed by atoms with E-state index in [0.29, 0.717) is 12.2 Å². The Balaban J connectivity index is 1.55. The number of hydrogen-bond acceptors (Lipinski definition) is 6. The Morgan fingerprint density at radius 1 is 1.15 bits per heavy atom. The van der Waals surface area contributed by atoms with Crippen molar-refractivity contribution >= 4 is 27.7 Å². The Morgan fingerprint density at radius 2 is 1.92 bits per heavy atom. The van der Waals surface area contributed by atoms with Crippen LogP contribution in [0.25, 0.3) is 10.2 Å². The normalized spacial score (nSPS) is 15.9. The van der Waals surface area contributed by atoms with Crippen molar-refractivity contribution in [2.45, 2.75) is 31.1 Å². The van der Waals surface area contributed by atoms with E-state index in [1.54, 1.807) is 13.2 Å². The summed E-state index contributed by atoms with van der Waals surface area (Å²) in [6.45, 7) is 0.390. The maximum absolute atomic E-state index is 12.7. The van der Waals surface area contributed by atoms with Gasteiger partial charge in [0.15, 0.2) is 0 Å². The van der Waals surface area contributed by atoms with Gasteiger partial charge in [0, 0.05) is 5.41 Å². The van der Waals surface area contributed by atoms with Crippen molar-refractivity contribution in [3.8, 4) is 5.75 Å². The van der Waals surface area contributed by atoms with Gasteiger partial charge in [-0.25, -0.2) is 4.79 Å². The zero-order valence-corrected chi connectivity index (χ0v) is 15.4. The van der Waals surface area contributed by atoms with E-state index in [1.165, 1.54) is 17.1 Å². The number of fused-ring (bicyclic) bond motifs is 1. The van der Waals surface area contributed by atoms with Crippen LogP contribution < -0.4 is 4.74 Å². The third-order valence-electron chi connectivity index (χ3n) is 5.24. The van der Waals surface area contributed by atoms with Crippen LogP contribution in [0.1, 0.15) is 41.6 Å². The van der Waals surface area contributed by atoms with E-state index in [2.05, 4.69) is 21.7 Å². The van der Waals surface area contributed by atoms with Crippen molar-refractivity contribution < 1.29 is 14.3 Å². The number of ether oxygens (including phenoxy) is 2. The van der Waals surface area contributed by atoms with E-state index in [-0.39, 0.29) is 11.4 Å². The van der Waals surface area contributed by atoms with Gasteiger partial charge in [0.1, 0.15) is 17.9 Å². The molecule has 5 nitrogen and oxygen atoms in total. The van der Waals surface area contributed by atoms with Crippen LogP contribution in [0.3, 0.4) is 0 Å². The number of rotatable bonds is 5. The Labute approximate surface area is 156 Å². The van der Waals surface area contributed by atoms with E-state index in [0.717, 1.165) is 41.6 Å². The number of aromatic nitrogens is 2. The molecule has 1 heterocycles. The van der Waals surface area contributed by atoms with Gasteiger partial charge in [-0.3, -0.25) is 0 Å². The van der Waals surface area contributed by atoms with E-state index in [1.807, 2.05) is 24.3 Å². The molecule has 1 aliphatic rings. The van der Waals surface area contributed by atoms with Gasteiger partial charge in [-0.05, 0) is 54.2 Å². The molecule has 0 spiro atoms. The molecule has 134 valence electrons. The van der Waals surface area contributed by atoms with E-state index < -0.39 is 0 Å². The molecule has 1 aliphatic carbocycles. The van der Waals surface area contributed by atoms with Crippen LogP contribution >= 0.6 is 11.5 Å². The first-order valence-corrected chi connectivity index (χ1v) is 9.52. The third kappa shape index (κ3) is 3.05. The van der Waals surface area contributed by atoms with E-state index in [9.17, 15) is 4.79 Å². The van der Waals surface area contributed by atoms with Gasteiger partial charge in [0.2, 0.25) is 0 Å². The van der Waals surface area contributed by atoms with Crippen LogP contribution in [-0.4, -0.2) is 29.3 Å². The van der Waals surface area contributed by atoms with Crippen molar-refractivity contribution in [1.82, 2.24) is 9.59 Å². The third-order valence-corrected chi connectivity index (χ3v) is 6.01. The second kappa shape index (κ2) is 7.03. The van der Waals surface area contributed by atoms with Crippen LogP contribution in [0.5, 0.6) is 5.75 Å². The van der Waals surface area contributed by atoms with Gasteiger partial charge in [0.05, 0.1) is 17.4 Å². The van der Waals surface area contributed by atoms with Crippen LogP contribution in [0.15, 0.2) is 42.5 Å². The van der Waals surface area contributed by atoms with Crippen LogP contribution in [0.2, 0.25) is 0 Å². The second-order valence-electron chi connectivity index (χ2n) is 6.72. The highest BCUT2D eigenvalue weighted by Gasteiger charge is 2.37. The van der Waals surface area contributed by atoms with Crippen molar-refractivity contribution in [2.24, 2.45) is 0 Å². The molecule has 0 saturated heterocycles. The molecule has 26 heavy (non-hydrogen) atoms. The van der Waals surface area contributed by atoms with Crippen molar-refractivity contribution in [2.75, 3.05) is 13.7 Å². The number of methoxy groups -OCH3 is 1. The van der Waals surface area contributed by atoms with Gasteiger partial charge in [0.25, 0.3) is 0 Å². The fourth-order valence-electron chi connectivity index (χ4n) is 3.76. The summed E-state index contributed by atoms with van der Waals surface area (Å²) in [5.41, 5.74) is 2.37. The fraction of sp³-hybridized carbons (Fsp3) is 0.350. The predicted octanol–water partition coefficient (Wildman–Crippen LogP) is 4.37. The van der Waals surface area contributed by atoms with Gasteiger partial charge in [-0.1, -0.05) is 35.5 Å². The molecule has 0 N–H and O–H groups in total. The molecule has 0 atom stereocenters. The topological polar surface area (TPSA) is 61.3 Å². The largest absolute Gasteiger partial charge is 0.497 e. The molecule has 6 heteroatoms. The first-order valence-electron chi connectivity index (χ1n) is 8.75. The Kier molecular flexibility index (Phi) is 4.59. The molecule has 1 fully saturated rings. The molecule has 1 saturated carbocycles. The lowest BCUT2D eigenvalue weighted by molar-refractivity contribution is 0.0405. The molecule has 0 aliphatic heterocycles. The van der Waals surface area contributed by atoms with Gasteiger partial charge in [-0.2, -0.15) is 0 Å². The summed E-state index contributed by atoms with van der Waals surface area (Å²) >= 11 is 1.22. The minimum atomic E-state index is -0.304. The van der Waals surface area contributed by atoms with Gasteiger partial charge >= 0.3 is 5.97 Å². The molecule has 4 rings (SSSR count). The van der Waals surface area contributed by atoms with Gasteiger partial charge in [-0.15, -0.1) is 5.10 Å². The number of hydrogen-bond donors (Lipinski definition) is 0. The number of esters is 1. The highest BCUT2D eigenvalue weighted by atomic mass is 32.1. The average molecular weight is 368 g/mol. The molecule has 0 radical (unpaired) electrons. The minimum Gasteiger partial charge on any atom is -0.497 e. The van der Waals surface area contributed by atoms with Crippen molar-refractivity contribution in [3.05, 3.63) is 53.6 Å². The lowest BCUT2D eigenvalue weighted by Crippen LogP contribution is -2.30.